The molecule has 1 atom stereocenters. The minimum Gasteiger partial charge on any atom is -0.497 e. The van der Waals surface area contributed by atoms with Gasteiger partial charge in [-0.15, -0.1) is 0 Å². The molecule has 1 aromatic heterocycles. The van der Waals surface area contributed by atoms with Gasteiger partial charge in [-0.05, 0) is 52.9 Å². The molecular weight excluding hydrogens is 427 g/mol. The number of carbonyl (C=O) groups is 1. The molecule has 176 valence electrons. The Kier molecular flexibility index (Phi) is 7.31. The fraction of sp³-hybridized carbons (Fsp3) is 0.276. The average molecular weight is 459 g/mol. The van der Waals surface area contributed by atoms with Crippen LogP contribution < -0.4 is 10.1 Å². The van der Waals surface area contributed by atoms with Crippen molar-refractivity contribution in [2.75, 3.05) is 13.7 Å². The topological polar surface area (TPSA) is 43.3 Å². The van der Waals surface area contributed by atoms with Gasteiger partial charge >= 0.3 is 0 Å². The van der Waals surface area contributed by atoms with E-state index in [2.05, 4.69) is 42.1 Å². The summed E-state index contributed by atoms with van der Waals surface area (Å²) in [7, 11) is 1.65. The van der Waals surface area contributed by atoms with E-state index in [9.17, 15) is 9.18 Å². The molecule has 0 bridgehead atoms. The summed E-state index contributed by atoms with van der Waals surface area (Å²) in [6.45, 7) is 5.45. The highest BCUT2D eigenvalue weighted by Crippen LogP contribution is 2.35. The minimum atomic E-state index is -0.242. The number of para-hydroxylation sites is 1. The molecule has 0 saturated carbocycles. The van der Waals surface area contributed by atoms with Gasteiger partial charge in [0, 0.05) is 42.5 Å². The molecule has 1 amide bonds. The van der Waals surface area contributed by atoms with Gasteiger partial charge in [-0.25, -0.2) is 4.39 Å². The monoisotopic (exact) mass is 458 g/mol. The second kappa shape index (κ2) is 10.6. The summed E-state index contributed by atoms with van der Waals surface area (Å²) in [5.74, 6) is 0.850. The zero-order valence-electron chi connectivity index (χ0n) is 19.9. The van der Waals surface area contributed by atoms with Crippen molar-refractivity contribution in [1.82, 2.24) is 9.88 Å². The standard InChI is InChI=1S/C29H31FN2O2/c1-20(2)17-31-29(33)16-26(22-10-14-24(34-3)15-11-22)27-19-32(28-7-5-4-6-25(27)28)18-21-8-12-23(30)13-9-21/h4-15,19-20,26H,16-18H2,1-3H3,(H,31,33)/t26-/m1/s1. The summed E-state index contributed by atoms with van der Waals surface area (Å²) in [4.78, 5) is 12.9. The second-order valence-corrected chi connectivity index (χ2v) is 9.08. The van der Waals surface area contributed by atoms with Crippen LogP contribution in [0.4, 0.5) is 4.39 Å². The number of hydrogen-bond donors (Lipinski definition) is 1. The molecule has 34 heavy (non-hydrogen) atoms. The number of nitrogens with one attached hydrogen (secondary N) is 1. The average Bonchev–Trinajstić information content (AvgIpc) is 3.21. The lowest BCUT2D eigenvalue weighted by molar-refractivity contribution is -0.121. The molecule has 0 aliphatic carbocycles. The van der Waals surface area contributed by atoms with Crippen LogP contribution in [0.5, 0.6) is 5.75 Å². The predicted molar refractivity (Wildman–Crippen MR) is 135 cm³/mol. The highest BCUT2D eigenvalue weighted by molar-refractivity contribution is 5.86. The molecule has 4 aromatic rings. The van der Waals surface area contributed by atoms with Crippen molar-refractivity contribution < 1.29 is 13.9 Å². The number of benzene rings is 3. The largest absolute Gasteiger partial charge is 0.497 e. The maximum absolute atomic E-state index is 13.4. The number of nitrogens with zero attached hydrogens (tertiary/aromatic N) is 1. The molecule has 0 radical (unpaired) electrons. The fourth-order valence-electron chi connectivity index (χ4n) is 4.29. The zero-order chi connectivity index (χ0) is 24.1. The van der Waals surface area contributed by atoms with Gasteiger partial charge in [-0.2, -0.15) is 0 Å². The summed E-state index contributed by atoms with van der Waals surface area (Å²) >= 11 is 0. The number of methoxy groups -OCH3 is 1. The van der Waals surface area contributed by atoms with Crippen molar-refractivity contribution in [3.63, 3.8) is 0 Å². The highest BCUT2D eigenvalue weighted by atomic mass is 19.1. The maximum atomic E-state index is 13.4. The number of rotatable bonds is 9. The van der Waals surface area contributed by atoms with Gasteiger partial charge in [0.15, 0.2) is 0 Å². The van der Waals surface area contributed by atoms with Crippen LogP contribution in [0, 0.1) is 11.7 Å². The molecule has 0 unspecified atom stereocenters. The Hall–Kier alpha value is -3.60. The van der Waals surface area contributed by atoms with Crippen molar-refractivity contribution >= 4 is 16.8 Å². The Morgan fingerprint density at radius 2 is 1.71 bits per heavy atom. The quantitative estimate of drug-likeness (QED) is 0.328. The van der Waals surface area contributed by atoms with E-state index in [4.69, 9.17) is 4.74 Å². The molecule has 0 saturated heterocycles. The Morgan fingerprint density at radius 1 is 1.00 bits per heavy atom. The van der Waals surface area contributed by atoms with Crippen molar-refractivity contribution in [1.29, 1.82) is 0 Å². The number of carbonyl (C=O) groups excluding carboxylic acids is 1. The van der Waals surface area contributed by atoms with E-state index in [1.165, 1.54) is 12.1 Å². The third kappa shape index (κ3) is 5.48. The first-order chi connectivity index (χ1) is 16.4. The SMILES string of the molecule is COc1ccc([C@@H](CC(=O)NCC(C)C)c2cn(Cc3ccc(F)cc3)c3ccccc23)cc1. The molecule has 3 aromatic carbocycles. The van der Waals surface area contributed by atoms with Crippen LogP contribution in [-0.4, -0.2) is 24.1 Å². The number of ether oxygens (including phenoxy) is 1. The maximum Gasteiger partial charge on any atom is 0.220 e. The van der Waals surface area contributed by atoms with Gasteiger partial charge in [0.25, 0.3) is 0 Å². The number of aromatic nitrogens is 1. The Labute approximate surface area is 200 Å². The first kappa shape index (κ1) is 23.6. The molecule has 5 heteroatoms. The van der Waals surface area contributed by atoms with Crippen LogP contribution in [0.3, 0.4) is 0 Å². The number of halogens is 1. The minimum absolute atomic E-state index is 0.0323. The summed E-state index contributed by atoms with van der Waals surface area (Å²) < 4.78 is 20.9. The lowest BCUT2D eigenvalue weighted by Gasteiger charge is -2.18. The zero-order valence-corrected chi connectivity index (χ0v) is 19.9. The van der Waals surface area contributed by atoms with Crippen molar-refractivity contribution in [3.05, 3.63) is 102 Å². The van der Waals surface area contributed by atoms with Crippen molar-refractivity contribution in [3.8, 4) is 5.75 Å². The molecule has 1 heterocycles. The Morgan fingerprint density at radius 3 is 2.38 bits per heavy atom. The van der Waals surface area contributed by atoms with Crippen LogP contribution in [0.1, 0.15) is 42.9 Å². The van der Waals surface area contributed by atoms with Crippen LogP contribution >= 0.6 is 0 Å². The molecule has 4 rings (SSSR count). The van der Waals surface area contributed by atoms with E-state index in [-0.39, 0.29) is 17.6 Å². The first-order valence-electron chi connectivity index (χ1n) is 11.7. The third-order valence-corrected chi connectivity index (χ3v) is 6.08. The van der Waals surface area contributed by atoms with E-state index in [1.54, 1.807) is 7.11 Å². The molecule has 1 N–H and O–H groups in total. The van der Waals surface area contributed by atoms with E-state index < -0.39 is 0 Å². The Bertz CT molecular complexity index is 1240. The van der Waals surface area contributed by atoms with E-state index in [0.29, 0.717) is 25.4 Å². The molecule has 0 fully saturated rings. The van der Waals surface area contributed by atoms with E-state index in [1.807, 2.05) is 48.5 Å². The van der Waals surface area contributed by atoms with Gasteiger partial charge in [0.05, 0.1) is 7.11 Å². The van der Waals surface area contributed by atoms with Gasteiger partial charge in [0.1, 0.15) is 11.6 Å². The van der Waals surface area contributed by atoms with E-state index in [0.717, 1.165) is 33.3 Å². The van der Waals surface area contributed by atoms with Crippen LogP contribution in [0.15, 0.2) is 79.0 Å². The molecule has 0 spiro atoms. The highest BCUT2D eigenvalue weighted by Gasteiger charge is 2.23. The third-order valence-electron chi connectivity index (χ3n) is 6.08. The van der Waals surface area contributed by atoms with E-state index >= 15 is 0 Å². The van der Waals surface area contributed by atoms with Gasteiger partial charge < -0.3 is 14.6 Å². The number of amides is 1. The summed E-state index contributed by atoms with van der Waals surface area (Å²) in [5, 5.41) is 4.18. The predicted octanol–water partition coefficient (Wildman–Crippen LogP) is 6.13. The molecule has 4 nitrogen and oxygen atoms in total. The smallest absolute Gasteiger partial charge is 0.220 e. The van der Waals surface area contributed by atoms with Gasteiger partial charge in [-0.3, -0.25) is 4.79 Å². The van der Waals surface area contributed by atoms with Crippen LogP contribution in [0.25, 0.3) is 10.9 Å². The Balaban J connectivity index is 1.74. The summed E-state index contributed by atoms with van der Waals surface area (Å²) in [6.07, 6.45) is 2.49. The van der Waals surface area contributed by atoms with Crippen LogP contribution in [0.2, 0.25) is 0 Å². The normalized spacial score (nSPS) is 12.1. The van der Waals surface area contributed by atoms with Gasteiger partial charge in [0.2, 0.25) is 5.91 Å². The summed E-state index contributed by atoms with van der Waals surface area (Å²) in [6, 6.07) is 22.8. The van der Waals surface area contributed by atoms with Gasteiger partial charge in [-0.1, -0.05) is 56.3 Å². The van der Waals surface area contributed by atoms with Crippen molar-refractivity contribution in [2.45, 2.75) is 32.7 Å². The van der Waals surface area contributed by atoms with Crippen LogP contribution in [-0.2, 0) is 11.3 Å². The second-order valence-electron chi connectivity index (χ2n) is 9.08. The molecule has 0 aliphatic rings. The number of fused-ring (bicyclic) bond motifs is 1. The summed E-state index contributed by atoms with van der Waals surface area (Å²) in [5.41, 5.74) is 4.26. The molecular formula is C29H31FN2O2. The lowest BCUT2D eigenvalue weighted by atomic mass is 9.88. The van der Waals surface area contributed by atoms with Crippen molar-refractivity contribution in [2.24, 2.45) is 5.92 Å². The fourth-order valence-corrected chi connectivity index (χ4v) is 4.29. The molecule has 0 aliphatic heterocycles. The lowest BCUT2D eigenvalue weighted by Crippen LogP contribution is -2.28. The number of hydrogen-bond acceptors (Lipinski definition) is 2. The first-order valence-corrected chi connectivity index (χ1v) is 11.7.